The molecule has 0 spiro atoms. The molecule has 1 aliphatic rings. The number of benzene rings is 1. The number of hydrogen-bond acceptors (Lipinski definition) is 3. The normalized spacial score (nSPS) is 17.4. The van der Waals surface area contributed by atoms with Crippen LogP contribution in [0.3, 0.4) is 0 Å². The highest BCUT2D eigenvalue weighted by Crippen LogP contribution is 2.23. The highest BCUT2D eigenvalue weighted by Gasteiger charge is 2.20. The van der Waals surface area contributed by atoms with Gasteiger partial charge in [0, 0.05) is 13.1 Å². The van der Waals surface area contributed by atoms with Crippen LogP contribution in [0.5, 0.6) is 0 Å². The molecule has 3 rings (SSSR count). The van der Waals surface area contributed by atoms with E-state index in [1.54, 1.807) is 12.3 Å². The van der Waals surface area contributed by atoms with Crippen molar-refractivity contribution in [2.24, 2.45) is 5.92 Å². The molecule has 1 N–H and O–H groups in total. The number of piperidine rings is 1. The summed E-state index contributed by atoms with van der Waals surface area (Å²) >= 11 is 0. The van der Waals surface area contributed by atoms with E-state index in [9.17, 15) is 18.0 Å². The summed E-state index contributed by atoms with van der Waals surface area (Å²) in [5.41, 5.74) is 0.373. The zero-order valence-corrected chi connectivity index (χ0v) is 13.7. The minimum atomic E-state index is -1.67. The molecule has 7 heteroatoms. The molecule has 25 heavy (non-hydrogen) atoms. The Morgan fingerprint density at radius 2 is 2.00 bits per heavy atom. The molecule has 0 saturated carbocycles. The smallest absolute Gasteiger partial charge is 0.259 e. The largest absolute Gasteiger partial charge is 0.370 e. The molecule has 1 aliphatic heterocycles. The molecule has 1 atom stereocenters. The van der Waals surface area contributed by atoms with E-state index in [1.807, 2.05) is 6.07 Å². The Balaban J connectivity index is 1.71. The van der Waals surface area contributed by atoms with Gasteiger partial charge in [-0.05, 0) is 43.0 Å². The fraction of sp³-hybridized carbons (Fsp3) is 0.333. The maximum atomic E-state index is 13.7. The molecule has 1 aromatic carbocycles. The Bertz CT molecular complexity index is 780. The Morgan fingerprint density at radius 1 is 1.20 bits per heavy atom. The zero-order valence-electron chi connectivity index (χ0n) is 13.7. The van der Waals surface area contributed by atoms with Gasteiger partial charge in [0.2, 0.25) is 0 Å². The van der Waals surface area contributed by atoms with E-state index in [1.165, 1.54) is 6.42 Å². The van der Waals surface area contributed by atoms with Gasteiger partial charge in [0.25, 0.3) is 5.91 Å². The first kappa shape index (κ1) is 17.3. The SMILES string of the molecule is CC1CCCN(c2ccc(NC(=O)c3ccc(F)c(F)c3F)nc2)C1. The predicted octanol–water partition coefficient (Wildman–Crippen LogP) is 3.99. The van der Waals surface area contributed by atoms with Crippen molar-refractivity contribution in [3.05, 3.63) is 53.5 Å². The van der Waals surface area contributed by atoms with Crippen LogP contribution in [-0.2, 0) is 0 Å². The van der Waals surface area contributed by atoms with Crippen molar-refractivity contribution in [3.63, 3.8) is 0 Å². The third kappa shape index (κ3) is 3.75. The molecule has 1 unspecified atom stereocenters. The molecule has 1 saturated heterocycles. The van der Waals surface area contributed by atoms with Crippen LogP contribution in [0.4, 0.5) is 24.7 Å². The number of pyridine rings is 1. The lowest BCUT2D eigenvalue weighted by atomic mass is 10.00. The third-order valence-corrected chi connectivity index (χ3v) is 4.29. The second-order valence-corrected chi connectivity index (χ2v) is 6.27. The number of anilines is 2. The van der Waals surface area contributed by atoms with Gasteiger partial charge in [-0.1, -0.05) is 6.92 Å². The van der Waals surface area contributed by atoms with Crippen molar-refractivity contribution < 1.29 is 18.0 Å². The summed E-state index contributed by atoms with van der Waals surface area (Å²) < 4.78 is 39.8. The second kappa shape index (κ2) is 7.13. The molecule has 1 fully saturated rings. The van der Waals surface area contributed by atoms with E-state index >= 15 is 0 Å². The van der Waals surface area contributed by atoms with Gasteiger partial charge in [0.15, 0.2) is 17.5 Å². The first-order valence-electron chi connectivity index (χ1n) is 8.11. The van der Waals surface area contributed by atoms with E-state index in [0.717, 1.165) is 31.3 Å². The highest BCUT2D eigenvalue weighted by molar-refractivity contribution is 6.04. The van der Waals surface area contributed by atoms with Gasteiger partial charge < -0.3 is 10.2 Å². The first-order valence-corrected chi connectivity index (χ1v) is 8.11. The Labute approximate surface area is 143 Å². The summed E-state index contributed by atoms with van der Waals surface area (Å²) in [5, 5.41) is 2.39. The number of hydrogen-bond donors (Lipinski definition) is 1. The number of aromatic nitrogens is 1. The summed E-state index contributed by atoms with van der Waals surface area (Å²) in [6, 6.07) is 5.03. The van der Waals surface area contributed by atoms with Crippen LogP contribution in [0.1, 0.15) is 30.1 Å². The first-order chi connectivity index (χ1) is 12.0. The Morgan fingerprint density at radius 3 is 2.68 bits per heavy atom. The third-order valence-electron chi connectivity index (χ3n) is 4.29. The van der Waals surface area contributed by atoms with Crippen LogP contribution in [0.15, 0.2) is 30.5 Å². The van der Waals surface area contributed by atoms with Crippen LogP contribution in [-0.4, -0.2) is 24.0 Å². The fourth-order valence-electron chi connectivity index (χ4n) is 2.96. The van der Waals surface area contributed by atoms with E-state index < -0.39 is 28.9 Å². The number of carbonyl (C=O) groups is 1. The maximum Gasteiger partial charge on any atom is 0.259 e. The molecule has 0 radical (unpaired) electrons. The monoisotopic (exact) mass is 349 g/mol. The van der Waals surface area contributed by atoms with Crippen molar-refractivity contribution >= 4 is 17.4 Å². The predicted molar refractivity (Wildman–Crippen MR) is 89.1 cm³/mol. The minimum absolute atomic E-state index is 0.211. The van der Waals surface area contributed by atoms with Crippen LogP contribution in [0.25, 0.3) is 0 Å². The maximum absolute atomic E-state index is 13.7. The molecule has 132 valence electrons. The molecule has 1 amide bonds. The lowest BCUT2D eigenvalue weighted by molar-refractivity contribution is 0.102. The van der Waals surface area contributed by atoms with Crippen molar-refractivity contribution in [2.75, 3.05) is 23.3 Å². The number of nitrogens with zero attached hydrogens (tertiary/aromatic N) is 2. The number of carbonyl (C=O) groups excluding carboxylic acids is 1. The van der Waals surface area contributed by atoms with Crippen LogP contribution >= 0.6 is 0 Å². The quantitative estimate of drug-likeness (QED) is 0.853. The van der Waals surface area contributed by atoms with Gasteiger partial charge in [-0.15, -0.1) is 0 Å². The number of nitrogens with one attached hydrogen (secondary N) is 1. The molecule has 0 aliphatic carbocycles. The van der Waals surface area contributed by atoms with Crippen molar-refractivity contribution in [2.45, 2.75) is 19.8 Å². The lowest BCUT2D eigenvalue weighted by Crippen LogP contribution is -2.34. The van der Waals surface area contributed by atoms with Crippen molar-refractivity contribution in [3.8, 4) is 0 Å². The highest BCUT2D eigenvalue weighted by atomic mass is 19.2. The number of halogens is 3. The molecule has 0 bridgehead atoms. The van der Waals surface area contributed by atoms with Gasteiger partial charge in [0.05, 0.1) is 17.4 Å². The second-order valence-electron chi connectivity index (χ2n) is 6.27. The van der Waals surface area contributed by atoms with E-state index in [2.05, 4.69) is 22.1 Å². The van der Waals surface area contributed by atoms with Crippen LogP contribution in [0, 0.1) is 23.4 Å². The summed E-state index contributed by atoms with van der Waals surface area (Å²) in [4.78, 5) is 18.4. The van der Waals surface area contributed by atoms with Crippen LogP contribution < -0.4 is 10.2 Å². The summed E-state index contributed by atoms with van der Waals surface area (Å²) in [5.74, 6) is -4.59. The molecular weight excluding hydrogens is 331 g/mol. The molecular formula is C18H18F3N3O. The van der Waals surface area contributed by atoms with Crippen LogP contribution in [0.2, 0.25) is 0 Å². The van der Waals surface area contributed by atoms with E-state index in [4.69, 9.17) is 0 Å². The topological polar surface area (TPSA) is 45.2 Å². The Hall–Kier alpha value is -2.57. The van der Waals surface area contributed by atoms with Gasteiger partial charge in [-0.3, -0.25) is 4.79 Å². The molecule has 1 aromatic heterocycles. The minimum Gasteiger partial charge on any atom is -0.370 e. The van der Waals surface area contributed by atoms with Gasteiger partial charge in [0.1, 0.15) is 5.82 Å². The van der Waals surface area contributed by atoms with Crippen molar-refractivity contribution in [1.29, 1.82) is 0 Å². The van der Waals surface area contributed by atoms with E-state index in [0.29, 0.717) is 12.0 Å². The standard InChI is InChI=1S/C18H18F3N3O/c1-11-3-2-8-24(10-11)12-4-7-15(22-9-12)23-18(25)13-5-6-14(19)17(21)16(13)20/h4-7,9,11H,2-3,8,10H2,1H3,(H,22,23,25). The van der Waals surface area contributed by atoms with E-state index in [-0.39, 0.29) is 5.82 Å². The Kier molecular flexibility index (Phi) is 4.92. The zero-order chi connectivity index (χ0) is 18.0. The van der Waals surface area contributed by atoms with Gasteiger partial charge in [-0.2, -0.15) is 0 Å². The average Bonchev–Trinajstić information content (AvgIpc) is 2.60. The van der Waals surface area contributed by atoms with Crippen molar-refractivity contribution in [1.82, 2.24) is 4.98 Å². The van der Waals surface area contributed by atoms with Gasteiger partial charge in [-0.25, -0.2) is 18.2 Å². The summed E-state index contributed by atoms with van der Waals surface area (Å²) in [6.45, 7) is 4.11. The number of rotatable bonds is 3. The lowest BCUT2D eigenvalue weighted by Gasteiger charge is -2.32. The molecule has 2 aromatic rings. The molecule has 4 nitrogen and oxygen atoms in total. The average molecular weight is 349 g/mol. The summed E-state index contributed by atoms with van der Waals surface area (Å²) in [7, 11) is 0. The number of amides is 1. The van der Waals surface area contributed by atoms with Gasteiger partial charge >= 0.3 is 0 Å². The summed E-state index contributed by atoms with van der Waals surface area (Å²) in [6.07, 6.45) is 3.96. The molecule has 2 heterocycles. The fourth-order valence-corrected chi connectivity index (χ4v) is 2.96.